The van der Waals surface area contributed by atoms with Crippen LogP contribution in [0.2, 0.25) is 0 Å². The maximum atomic E-state index is 5.42. The lowest BCUT2D eigenvalue weighted by Crippen LogP contribution is -2.33. The molecule has 0 radical (unpaired) electrons. The Morgan fingerprint density at radius 1 is 1.27 bits per heavy atom. The third-order valence-electron chi connectivity index (χ3n) is 2.88. The zero-order valence-corrected chi connectivity index (χ0v) is 10.1. The number of hydrogen-bond donors (Lipinski definition) is 1. The summed E-state index contributed by atoms with van der Waals surface area (Å²) in [5.74, 6) is 0.948. The molecule has 1 unspecified atom stereocenters. The van der Waals surface area contributed by atoms with Gasteiger partial charge in [-0.2, -0.15) is 0 Å². The first-order chi connectivity index (χ1) is 7.38. The van der Waals surface area contributed by atoms with E-state index in [1.807, 2.05) is 0 Å². The molecule has 0 bridgehead atoms. The highest BCUT2D eigenvalue weighted by molar-refractivity contribution is 4.85. The van der Waals surface area contributed by atoms with Crippen molar-refractivity contribution in [3.63, 3.8) is 0 Å². The van der Waals surface area contributed by atoms with Crippen molar-refractivity contribution in [2.45, 2.75) is 38.6 Å². The van der Waals surface area contributed by atoms with E-state index >= 15 is 0 Å². The molecular weight excluding hydrogens is 190 g/mol. The van der Waals surface area contributed by atoms with Crippen molar-refractivity contribution in [3.8, 4) is 0 Å². The van der Waals surface area contributed by atoms with E-state index in [9.17, 15) is 0 Å². The van der Waals surface area contributed by atoms with E-state index in [0.29, 0.717) is 13.2 Å². The summed E-state index contributed by atoms with van der Waals surface area (Å²) in [6, 6.07) is 0.737. The van der Waals surface area contributed by atoms with Crippen LogP contribution >= 0.6 is 0 Å². The van der Waals surface area contributed by atoms with Crippen molar-refractivity contribution in [1.29, 1.82) is 0 Å². The fourth-order valence-corrected chi connectivity index (χ4v) is 1.87. The van der Waals surface area contributed by atoms with E-state index < -0.39 is 0 Å². The molecule has 1 fully saturated rings. The Bertz CT molecular complexity index is 149. The van der Waals surface area contributed by atoms with Crippen molar-refractivity contribution in [1.82, 2.24) is 5.32 Å². The Kier molecular flexibility index (Phi) is 6.98. The molecule has 1 atom stereocenters. The summed E-state index contributed by atoms with van der Waals surface area (Å²) < 4.78 is 10.3. The molecular formula is C12H25NO2. The molecule has 0 amide bonds. The second-order valence-electron chi connectivity index (χ2n) is 4.29. The Morgan fingerprint density at radius 2 is 2.07 bits per heavy atom. The minimum Gasteiger partial charge on any atom is -0.382 e. The van der Waals surface area contributed by atoms with Gasteiger partial charge in [0.1, 0.15) is 0 Å². The minimum absolute atomic E-state index is 0.695. The van der Waals surface area contributed by atoms with Crippen LogP contribution in [0.1, 0.15) is 32.6 Å². The molecule has 90 valence electrons. The fourth-order valence-electron chi connectivity index (χ4n) is 1.87. The summed E-state index contributed by atoms with van der Waals surface area (Å²) >= 11 is 0. The van der Waals surface area contributed by atoms with Gasteiger partial charge in [-0.05, 0) is 25.2 Å². The lowest BCUT2D eigenvalue weighted by atomic mass is 10.1. The number of nitrogens with one attached hydrogen (secondary N) is 1. The molecule has 0 saturated heterocycles. The van der Waals surface area contributed by atoms with E-state index in [0.717, 1.165) is 25.1 Å². The van der Waals surface area contributed by atoms with Crippen LogP contribution in [-0.4, -0.2) is 39.5 Å². The van der Waals surface area contributed by atoms with Gasteiger partial charge in [0.15, 0.2) is 0 Å². The lowest BCUT2D eigenvalue weighted by molar-refractivity contribution is 0.0706. The summed E-state index contributed by atoms with van der Waals surface area (Å²) in [5.41, 5.74) is 0. The number of methoxy groups -OCH3 is 1. The van der Waals surface area contributed by atoms with Gasteiger partial charge in [0, 0.05) is 19.7 Å². The van der Waals surface area contributed by atoms with Crippen LogP contribution in [0, 0.1) is 5.92 Å². The Balaban J connectivity index is 1.92. The smallest absolute Gasteiger partial charge is 0.0700 e. The molecule has 1 N–H and O–H groups in total. The number of rotatable bonds is 10. The van der Waals surface area contributed by atoms with Crippen LogP contribution in [0.4, 0.5) is 0 Å². The van der Waals surface area contributed by atoms with Gasteiger partial charge in [0.2, 0.25) is 0 Å². The van der Waals surface area contributed by atoms with Crippen LogP contribution in [0.3, 0.4) is 0 Å². The number of ether oxygens (including phenoxy) is 2. The summed E-state index contributed by atoms with van der Waals surface area (Å²) in [4.78, 5) is 0. The van der Waals surface area contributed by atoms with Gasteiger partial charge in [0.05, 0.1) is 19.8 Å². The van der Waals surface area contributed by atoms with Crippen molar-refractivity contribution >= 4 is 0 Å². The van der Waals surface area contributed by atoms with Crippen LogP contribution in [0.25, 0.3) is 0 Å². The Labute approximate surface area is 93.5 Å². The van der Waals surface area contributed by atoms with E-state index in [-0.39, 0.29) is 0 Å². The molecule has 1 rings (SSSR count). The highest BCUT2D eigenvalue weighted by atomic mass is 16.5. The van der Waals surface area contributed by atoms with E-state index in [4.69, 9.17) is 9.47 Å². The van der Waals surface area contributed by atoms with Gasteiger partial charge in [-0.15, -0.1) is 0 Å². The summed E-state index contributed by atoms with van der Waals surface area (Å²) in [5, 5.41) is 3.59. The SMILES string of the molecule is CCCC(NCCOCCOC)C1CC1. The minimum atomic E-state index is 0.695. The molecule has 1 aliphatic carbocycles. The van der Waals surface area contributed by atoms with Crippen LogP contribution in [-0.2, 0) is 9.47 Å². The second-order valence-corrected chi connectivity index (χ2v) is 4.29. The van der Waals surface area contributed by atoms with Gasteiger partial charge in [-0.3, -0.25) is 0 Å². The molecule has 0 heterocycles. The van der Waals surface area contributed by atoms with Crippen LogP contribution < -0.4 is 5.32 Å². The predicted molar refractivity (Wildman–Crippen MR) is 62.1 cm³/mol. The lowest BCUT2D eigenvalue weighted by Gasteiger charge is -2.17. The maximum Gasteiger partial charge on any atom is 0.0700 e. The number of hydrogen-bond acceptors (Lipinski definition) is 3. The van der Waals surface area contributed by atoms with E-state index in [1.165, 1.54) is 25.7 Å². The van der Waals surface area contributed by atoms with Crippen molar-refractivity contribution in [2.24, 2.45) is 5.92 Å². The van der Waals surface area contributed by atoms with E-state index in [1.54, 1.807) is 7.11 Å². The van der Waals surface area contributed by atoms with E-state index in [2.05, 4.69) is 12.2 Å². The van der Waals surface area contributed by atoms with Crippen LogP contribution in [0.15, 0.2) is 0 Å². The first kappa shape index (κ1) is 12.9. The molecule has 0 aromatic heterocycles. The quantitative estimate of drug-likeness (QED) is 0.564. The van der Waals surface area contributed by atoms with Gasteiger partial charge < -0.3 is 14.8 Å². The van der Waals surface area contributed by atoms with Gasteiger partial charge in [0.25, 0.3) is 0 Å². The molecule has 0 spiro atoms. The third-order valence-corrected chi connectivity index (χ3v) is 2.88. The Hall–Kier alpha value is -0.120. The van der Waals surface area contributed by atoms with Gasteiger partial charge in [-0.25, -0.2) is 0 Å². The largest absolute Gasteiger partial charge is 0.382 e. The highest BCUT2D eigenvalue weighted by Gasteiger charge is 2.29. The topological polar surface area (TPSA) is 30.5 Å². The zero-order chi connectivity index (χ0) is 10.9. The average molecular weight is 215 g/mol. The maximum absolute atomic E-state index is 5.42. The highest BCUT2D eigenvalue weighted by Crippen LogP contribution is 2.34. The summed E-state index contributed by atoms with van der Waals surface area (Å²) in [6.07, 6.45) is 5.42. The molecule has 1 saturated carbocycles. The molecule has 3 nitrogen and oxygen atoms in total. The Morgan fingerprint density at radius 3 is 2.67 bits per heavy atom. The predicted octanol–water partition coefficient (Wildman–Crippen LogP) is 1.82. The van der Waals surface area contributed by atoms with Crippen molar-refractivity contribution in [2.75, 3.05) is 33.5 Å². The van der Waals surface area contributed by atoms with Crippen molar-refractivity contribution in [3.05, 3.63) is 0 Å². The van der Waals surface area contributed by atoms with Crippen molar-refractivity contribution < 1.29 is 9.47 Å². The van der Waals surface area contributed by atoms with Crippen LogP contribution in [0.5, 0.6) is 0 Å². The zero-order valence-electron chi connectivity index (χ0n) is 10.1. The van der Waals surface area contributed by atoms with Gasteiger partial charge >= 0.3 is 0 Å². The molecule has 0 aromatic carbocycles. The standard InChI is InChI=1S/C12H25NO2/c1-3-4-12(11-5-6-11)13-7-8-15-10-9-14-2/h11-13H,3-10H2,1-2H3. The molecule has 0 aliphatic heterocycles. The fraction of sp³-hybridized carbons (Fsp3) is 1.00. The van der Waals surface area contributed by atoms with Gasteiger partial charge in [-0.1, -0.05) is 13.3 Å². The molecule has 15 heavy (non-hydrogen) atoms. The third kappa shape index (κ3) is 6.13. The second kappa shape index (κ2) is 8.08. The monoisotopic (exact) mass is 215 g/mol. The first-order valence-electron chi connectivity index (χ1n) is 6.18. The average Bonchev–Trinajstić information content (AvgIpc) is 3.05. The normalized spacial score (nSPS) is 18.0. The summed E-state index contributed by atoms with van der Waals surface area (Å²) in [6.45, 7) is 5.44. The summed E-state index contributed by atoms with van der Waals surface area (Å²) in [7, 11) is 1.70. The molecule has 0 aromatic rings. The first-order valence-corrected chi connectivity index (χ1v) is 6.18. The molecule has 1 aliphatic rings. The molecule has 3 heteroatoms.